The first-order valence-corrected chi connectivity index (χ1v) is 37.0. The molecule has 15 aromatic rings. The van der Waals surface area contributed by atoms with Gasteiger partial charge in [-0.15, -0.1) is 30.6 Å². The lowest BCUT2D eigenvalue weighted by atomic mass is 10.1. The number of ether oxygens (including phenoxy) is 3. The molecule has 12 aromatic carbocycles. The number of hydrogen-bond acceptors (Lipinski definition) is 15. The zero-order valence-electron chi connectivity index (χ0n) is 61.4. The average molecular weight is 1580 g/mol. The molecule has 3 aromatic heterocycles. The Morgan fingerprint density at radius 2 is 0.658 bits per heavy atom. The van der Waals surface area contributed by atoms with Gasteiger partial charge in [0, 0.05) is 42.8 Å². The number of para-hydroxylation sites is 3. The molecule has 0 N–H and O–H groups in total. The molecule has 0 aliphatic heterocycles. The number of aromatic nitrogens is 9. The van der Waals surface area contributed by atoms with Gasteiger partial charge in [-0.1, -0.05) is 115 Å². The molecule has 0 saturated heterocycles. The molecule has 0 saturated carbocycles. The molecule has 18 nitrogen and oxygen atoms in total. The van der Waals surface area contributed by atoms with Gasteiger partial charge in [-0.25, -0.2) is 17.6 Å². The van der Waals surface area contributed by atoms with Crippen molar-refractivity contribution < 1.29 is 31.8 Å². The first-order valence-electron chi connectivity index (χ1n) is 36.2. The summed E-state index contributed by atoms with van der Waals surface area (Å²) >= 11 is 3.30. The van der Waals surface area contributed by atoms with E-state index >= 15 is 0 Å². The highest BCUT2D eigenvalue weighted by Crippen LogP contribution is 2.32. The van der Waals surface area contributed by atoms with E-state index in [1.54, 1.807) is 73.6 Å². The standard InChI is InChI=1S/C31H26FN5O.C30H23BrFN5O.C30H23F2N5O/c32-30-9-5-4-6-26(30)18-19-36(27-14-16-29(17-15-27)38-28-7-2-1-3-8-28)22-31-35-34-23-37(31)21-25-12-10-24(20-33)11-13-25;31-28-16-24(10-15-29(28)32)19-36(25-11-13-27(14-12-25)38-26-4-2-1-3-5-26)20-30-35-34-21-37(30)18-23-8-6-22(17-33)7-9-23;31-25-14-24(15-26(32)16-25)19-36(27-10-12-29(13-11-27)38-28-4-2-1-3-5-28)20-30-35-34-21-37(30)18-23-8-6-22(17-33)7-9-23/h1-17,23H,18-19,21-22H2;2*1-16,21H,18-20H2. The summed E-state index contributed by atoms with van der Waals surface area (Å²) in [4.78, 5) is 6.29. The molecule has 0 fully saturated rings. The molecule has 0 spiro atoms. The summed E-state index contributed by atoms with van der Waals surface area (Å²) in [5, 5.41) is 52.6. The number of anilines is 3. The molecule has 23 heteroatoms. The smallest absolute Gasteiger partial charge is 0.152 e. The van der Waals surface area contributed by atoms with Gasteiger partial charge in [0.25, 0.3) is 0 Å². The number of nitrogens with zero attached hydrogens (tertiary/aromatic N) is 15. The van der Waals surface area contributed by atoms with Gasteiger partial charge in [0.2, 0.25) is 0 Å². The van der Waals surface area contributed by atoms with Crippen LogP contribution >= 0.6 is 15.9 Å². The second kappa shape index (κ2) is 38.7. The van der Waals surface area contributed by atoms with Crippen molar-refractivity contribution in [2.75, 3.05) is 21.2 Å². The van der Waals surface area contributed by atoms with Gasteiger partial charge in [-0.3, -0.25) is 0 Å². The van der Waals surface area contributed by atoms with Gasteiger partial charge in [0.15, 0.2) is 17.5 Å². The van der Waals surface area contributed by atoms with Crippen LogP contribution in [0.4, 0.5) is 34.6 Å². The number of nitriles is 3. The van der Waals surface area contributed by atoms with Crippen LogP contribution in [-0.2, 0) is 58.8 Å². The second-order valence-electron chi connectivity index (χ2n) is 26.3. The van der Waals surface area contributed by atoms with E-state index < -0.39 is 11.6 Å². The minimum Gasteiger partial charge on any atom is -0.457 e. The molecule has 0 aliphatic carbocycles. The van der Waals surface area contributed by atoms with Gasteiger partial charge in [-0.2, -0.15) is 15.8 Å². The molecular formula is C91H72BrF4N15O3. The van der Waals surface area contributed by atoms with Crippen LogP contribution in [0, 0.1) is 57.3 Å². The highest BCUT2D eigenvalue weighted by Gasteiger charge is 2.20. The van der Waals surface area contributed by atoms with E-state index in [0.717, 1.165) is 85.8 Å². The average Bonchev–Trinajstić information content (AvgIpc) is 1.74. The number of halogens is 5. The quantitative estimate of drug-likeness (QED) is 0.0419. The zero-order valence-corrected chi connectivity index (χ0v) is 63.0. The lowest BCUT2D eigenvalue weighted by Gasteiger charge is -2.25. The molecule has 0 amide bonds. The molecule has 564 valence electrons. The molecule has 0 radical (unpaired) electrons. The predicted molar refractivity (Wildman–Crippen MR) is 431 cm³/mol. The number of hydrogen-bond donors (Lipinski definition) is 0. The Morgan fingerprint density at radius 1 is 0.325 bits per heavy atom. The van der Waals surface area contributed by atoms with E-state index in [-0.39, 0.29) is 18.2 Å². The van der Waals surface area contributed by atoms with Gasteiger partial charge < -0.3 is 42.6 Å². The minimum atomic E-state index is -0.629. The van der Waals surface area contributed by atoms with Gasteiger partial charge in [0.05, 0.1) is 78.6 Å². The Labute approximate surface area is 665 Å². The Morgan fingerprint density at radius 3 is 1.03 bits per heavy atom. The molecule has 114 heavy (non-hydrogen) atoms. The second-order valence-corrected chi connectivity index (χ2v) is 27.1. The van der Waals surface area contributed by atoms with Crippen LogP contribution in [-0.4, -0.2) is 50.8 Å². The van der Waals surface area contributed by atoms with Crippen molar-refractivity contribution in [1.82, 2.24) is 44.3 Å². The van der Waals surface area contributed by atoms with Crippen LogP contribution in [0.5, 0.6) is 34.5 Å². The summed E-state index contributed by atoms with van der Waals surface area (Å²) in [6, 6.07) is 96.0. The van der Waals surface area contributed by atoms with E-state index in [1.165, 1.54) is 24.3 Å². The van der Waals surface area contributed by atoms with Crippen molar-refractivity contribution in [3.63, 3.8) is 0 Å². The SMILES string of the molecule is N#Cc1ccc(Cn2cnnc2CN(CCc2ccccc2F)c2ccc(Oc3ccccc3)cc2)cc1.N#Cc1ccc(Cn2cnnc2CN(Cc2cc(F)cc(F)c2)c2ccc(Oc3ccccc3)cc2)cc1.N#Cc1ccc(Cn2cnnc2CN(Cc2ccc(F)c(Br)c2)c2ccc(Oc3ccccc3)cc2)cc1. The molecule has 3 heterocycles. The normalized spacial score (nSPS) is 10.6. The Bertz CT molecular complexity index is 5710. The third-order valence-corrected chi connectivity index (χ3v) is 18.8. The summed E-state index contributed by atoms with van der Waals surface area (Å²) in [7, 11) is 0. The van der Waals surface area contributed by atoms with Crippen LogP contribution in [0.25, 0.3) is 0 Å². The Kier molecular flexibility index (Phi) is 26.4. The van der Waals surface area contributed by atoms with Crippen molar-refractivity contribution >= 4 is 33.0 Å². The van der Waals surface area contributed by atoms with Gasteiger partial charge in [0.1, 0.15) is 76.7 Å². The minimum absolute atomic E-state index is 0.206. The zero-order chi connectivity index (χ0) is 78.8. The van der Waals surface area contributed by atoms with Crippen LogP contribution in [0.1, 0.15) is 67.5 Å². The maximum atomic E-state index is 14.4. The van der Waals surface area contributed by atoms with Crippen LogP contribution in [0.2, 0.25) is 0 Å². The molecule has 0 unspecified atom stereocenters. The molecule has 0 atom stereocenters. The van der Waals surface area contributed by atoms with Crippen LogP contribution < -0.4 is 28.9 Å². The third-order valence-electron chi connectivity index (χ3n) is 18.2. The highest BCUT2D eigenvalue weighted by molar-refractivity contribution is 9.10. The third kappa shape index (κ3) is 22.2. The largest absolute Gasteiger partial charge is 0.457 e. The first-order chi connectivity index (χ1) is 55.8. The van der Waals surface area contributed by atoms with Crippen LogP contribution in [0.15, 0.2) is 321 Å². The lowest BCUT2D eigenvalue weighted by molar-refractivity contribution is 0.482. The summed E-state index contributed by atoms with van der Waals surface area (Å²) in [5.74, 6) is 4.87. The van der Waals surface area contributed by atoms with Crippen molar-refractivity contribution in [1.29, 1.82) is 15.8 Å². The molecular weight excluding hydrogens is 1510 g/mol. The summed E-state index contributed by atoms with van der Waals surface area (Å²) in [6.07, 6.45) is 5.60. The molecule has 0 bridgehead atoms. The van der Waals surface area contributed by atoms with Crippen molar-refractivity contribution in [2.45, 2.75) is 58.8 Å². The van der Waals surface area contributed by atoms with E-state index in [1.807, 2.05) is 231 Å². The predicted octanol–water partition coefficient (Wildman–Crippen LogP) is 20.0. The highest BCUT2D eigenvalue weighted by atomic mass is 79.9. The number of rotatable bonds is 28. The summed E-state index contributed by atoms with van der Waals surface area (Å²) < 4.78 is 80.3. The first kappa shape index (κ1) is 77.7. The van der Waals surface area contributed by atoms with Crippen molar-refractivity contribution in [3.05, 3.63) is 412 Å². The Hall–Kier alpha value is -14.5. The van der Waals surface area contributed by atoms with E-state index in [4.69, 9.17) is 30.0 Å². The van der Waals surface area contributed by atoms with Crippen molar-refractivity contribution in [3.8, 4) is 52.7 Å². The monoisotopic (exact) mass is 1580 g/mol. The van der Waals surface area contributed by atoms with Gasteiger partial charge >= 0.3 is 0 Å². The summed E-state index contributed by atoms with van der Waals surface area (Å²) in [6.45, 7) is 4.34. The molecule has 0 aliphatic rings. The van der Waals surface area contributed by atoms with Gasteiger partial charge in [-0.05, 0) is 232 Å². The van der Waals surface area contributed by atoms with E-state index in [0.29, 0.717) is 103 Å². The fraction of sp³-hybridized carbons (Fsp3) is 0.110. The van der Waals surface area contributed by atoms with E-state index in [9.17, 15) is 17.6 Å². The Balaban J connectivity index is 0.000000149. The maximum Gasteiger partial charge on any atom is 0.152 e. The van der Waals surface area contributed by atoms with Crippen LogP contribution in [0.3, 0.4) is 0 Å². The van der Waals surface area contributed by atoms with E-state index in [2.05, 4.69) is 74.5 Å². The number of benzene rings is 12. The fourth-order valence-electron chi connectivity index (χ4n) is 12.3. The summed E-state index contributed by atoms with van der Waals surface area (Å²) in [5.41, 5.74) is 9.76. The topological polar surface area (TPSA) is 201 Å². The maximum absolute atomic E-state index is 14.4. The molecule has 15 rings (SSSR count). The fourth-order valence-corrected chi connectivity index (χ4v) is 12.7. The van der Waals surface area contributed by atoms with Crippen molar-refractivity contribution in [2.24, 2.45) is 0 Å². The lowest BCUT2D eigenvalue weighted by Crippen LogP contribution is -2.27.